The van der Waals surface area contributed by atoms with Crippen LogP contribution in [0.3, 0.4) is 0 Å². The first-order valence-corrected chi connectivity index (χ1v) is 5.70. The molecule has 0 unspecified atom stereocenters. The minimum atomic E-state index is -0.551. The van der Waals surface area contributed by atoms with Crippen molar-refractivity contribution >= 4 is 6.09 Å². The van der Waals surface area contributed by atoms with E-state index in [2.05, 4.69) is 10.9 Å². The highest BCUT2D eigenvalue weighted by atomic mass is 16.7. The highest BCUT2D eigenvalue weighted by molar-refractivity contribution is 5.67. The van der Waals surface area contributed by atoms with Crippen molar-refractivity contribution in [2.45, 2.75) is 52.0 Å². The van der Waals surface area contributed by atoms with E-state index in [0.717, 1.165) is 0 Å². The highest BCUT2D eigenvalue weighted by Gasteiger charge is 2.28. The SMILES string of the molecule is CC(C)(C)OC(=O)NNC1COC(C)(C)OC1. The lowest BCUT2D eigenvalue weighted by atomic mass is 10.2. The number of hydrazine groups is 1. The molecule has 0 aromatic carbocycles. The van der Waals surface area contributed by atoms with E-state index in [1.807, 2.05) is 34.6 Å². The molecular formula is C11H22N2O4. The number of hydrogen-bond acceptors (Lipinski definition) is 5. The van der Waals surface area contributed by atoms with E-state index >= 15 is 0 Å². The number of hydrogen-bond donors (Lipinski definition) is 2. The Kier molecular flexibility index (Phi) is 4.35. The minimum absolute atomic E-state index is 0.0736. The predicted octanol–water partition coefficient (Wildman–Crippen LogP) is 1.17. The summed E-state index contributed by atoms with van der Waals surface area (Å²) in [7, 11) is 0. The lowest BCUT2D eigenvalue weighted by Gasteiger charge is -2.35. The molecule has 0 saturated carbocycles. The molecule has 1 saturated heterocycles. The van der Waals surface area contributed by atoms with Crippen molar-refractivity contribution in [2.24, 2.45) is 0 Å². The van der Waals surface area contributed by atoms with Crippen LogP contribution < -0.4 is 10.9 Å². The molecule has 1 amide bonds. The summed E-state index contributed by atoms with van der Waals surface area (Å²) in [6.45, 7) is 10.1. The van der Waals surface area contributed by atoms with Crippen LogP contribution in [-0.2, 0) is 14.2 Å². The minimum Gasteiger partial charge on any atom is -0.443 e. The second-order valence-electron chi connectivity index (χ2n) is 5.49. The predicted molar refractivity (Wildman–Crippen MR) is 62.3 cm³/mol. The maximum atomic E-state index is 11.4. The number of carbonyl (C=O) groups is 1. The van der Waals surface area contributed by atoms with Gasteiger partial charge in [0.15, 0.2) is 5.79 Å². The molecule has 0 aromatic rings. The summed E-state index contributed by atoms with van der Waals surface area (Å²) < 4.78 is 15.9. The van der Waals surface area contributed by atoms with Gasteiger partial charge in [0, 0.05) is 0 Å². The number of amides is 1. The highest BCUT2D eigenvalue weighted by Crippen LogP contribution is 2.16. The van der Waals surface area contributed by atoms with Crippen LogP contribution >= 0.6 is 0 Å². The molecule has 1 aliphatic heterocycles. The summed E-state index contributed by atoms with van der Waals surface area (Å²) in [5.74, 6) is -0.551. The number of nitrogens with one attached hydrogen (secondary N) is 2. The van der Waals surface area contributed by atoms with E-state index in [4.69, 9.17) is 14.2 Å². The third-order valence-electron chi connectivity index (χ3n) is 2.04. The first-order valence-electron chi connectivity index (χ1n) is 5.70. The van der Waals surface area contributed by atoms with E-state index in [1.165, 1.54) is 0 Å². The normalized spacial score (nSPS) is 21.0. The maximum Gasteiger partial charge on any atom is 0.422 e. The molecule has 1 aliphatic rings. The van der Waals surface area contributed by atoms with Gasteiger partial charge in [0.05, 0.1) is 19.3 Å². The standard InChI is InChI=1S/C11H22N2O4/c1-10(2,3)17-9(14)13-12-8-6-15-11(4,5)16-7-8/h8,12H,6-7H2,1-5H3,(H,13,14). The Labute approximate surface area is 102 Å². The molecule has 1 heterocycles. The fraction of sp³-hybridized carbons (Fsp3) is 0.909. The molecule has 0 atom stereocenters. The first kappa shape index (κ1) is 14.2. The molecule has 0 aliphatic carbocycles. The lowest BCUT2D eigenvalue weighted by Crippen LogP contribution is -2.54. The molecule has 0 spiro atoms. The molecule has 0 aromatic heterocycles. The fourth-order valence-electron chi connectivity index (χ4n) is 1.24. The molecule has 1 rings (SSSR count). The van der Waals surface area contributed by atoms with Gasteiger partial charge in [0.25, 0.3) is 0 Å². The summed E-state index contributed by atoms with van der Waals surface area (Å²) >= 11 is 0. The molecule has 0 bridgehead atoms. The van der Waals surface area contributed by atoms with Crippen LogP contribution in [-0.4, -0.2) is 36.7 Å². The van der Waals surface area contributed by atoms with E-state index in [9.17, 15) is 4.79 Å². The van der Waals surface area contributed by atoms with Crippen molar-refractivity contribution in [2.75, 3.05) is 13.2 Å². The van der Waals surface area contributed by atoms with Crippen LogP contribution in [0, 0.1) is 0 Å². The van der Waals surface area contributed by atoms with Crippen LogP contribution in [0.25, 0.3) is 0 Å². The quantitative estimate of drug-likeness (QED) is 0.716. The molecule has 100 valence electrons. The van der Waals surface area contributed by atoms with Gasteiger partial charge < -0.3 is 14.2 Å². The van der Waals surface area contributed by atoms with Crippen molar-refractivity contribution < 1.29 is 19.0 Å². The van der Waals surface area contributed by atoms with Gasteiger partial charge in [-0.25, -0.2) is 10.2 Å². The second kappa shape index (κ2) is 5.20. The molecule has 6 heteroatoms. The smallest absolute Gasteiger partial charge is 0.422 e. The lowest BCUT2D eigenvalue weighted by molar-refractivity contribution is -0.253. The van der Waals surface area contributed by atoms with Crippen LogP contribution in [0.2, 0.25) is 0 Å². The largest absolute Gasteiger partial charge is 0.443 e. The molecule has 6 nitrogen and oxygen atoms in total. The second-order valence-corrected chi connectivity index (χ2v) is 5.49. The molecule has 2 N–H and O–H groups in total. The van der Waals surface area contributed by atoms with E-state index in [1.54, 1.807) is 0 Å². The Morgan fingerprint density at radius 1 is 1.29 bits per heavy atom. The Hall–Kier alpha value is -0.850. The summed E-state index contributed by atoms with van der Waals surface area (Å²) in [4.78, 5) is 11.4. The third kappa shape index (κ3) is 5.86. The Balaban J connectivity index is 2.22. The van der Waals surface area contributed by atoms with Crippen LogP contribution in [0.15, 0.2) is 0 Å². The number of ether oxygens (including phenoxy) is 3. The van der Waals surface area contributed by atoms with Gasteiger partial charge in [-0.1, -0.05) is 0 Å². The first-order chi connectivity index (χ1) is 7.68. The average Bonchev–Trinajstić information content (AvgIpc) is 2.13. The van der Waals surface area contributed by atoms with Gasteiger partial charge in [0.1, 0.15) is 5.60 Å². The van der Waals surface area contributed by atoms with Crippen LogP contribution in [0.1, 0.15) is 34.6 Å². The van der Waals surface area contributed by atoms with Gasteiger partial charge in [-0.15, -0.1) is 0 Å². The van der Waals surface area contributed by atoms with Crippen LogP contribution in [0.4, 0.5) is 4.79 Å². The Bertz CT molecular complexity index is 263. The van der Waals surface area contributed by atoms with Gasteiger partial charge in [-0.2, -0.15) is 0 Å². The topological polar surface area (TPSA) is 68.8 Å². The van der Waals surface area contributed by atoms with Gasteiger partial charge in [-0.05, 0) is 34.6 Å². The maximum absolute atomic E-state index is 11.4. The van der Waals surface area contributed by atoms with Crippen molar-refractivity contribution in [3.63, 3.8) is 0 Å². The number of carbonyl (C=O) groups excluding carboxylic acids is 1. The summed E-state index contributed by atoms with van der Waals surface area (Å²) in [6.07, 6.45) is -0.512. The van der Waals surface area contributed by atoms with Crippen molar-refractivity contribution in [1.82, 2.24) is 10.9 Å². The zero-order valence-electron chi connectivity index (χ0n) is 11.1. The Morgan fingerprint density at radius 3 is 2.29 bits per heavy atom. The van der Waals surface area contributed by atoms with Crippen molar-refractivity contribution in [3.05, 3.63) is 0 Å². The van der Waals surface area contributed by atoms with Crippen molar-refractivity contribution in [3.8, 4) is 0 Å². The Morgan fingerprint density at radius 2 is 1.82 bits per heavy atom. The fourth-order valence-corrected chi connectivity index (χ4v) is 1.24. The third-order valence-corrected chi connectivity index (χ3v) is 2.04. The van der Waals surface area contributed by atoms with E-state index in [0.29, 0.717) is 13.2 Å². The number of rotatable bonds is 2. The zero-order valence-corrected chi connectivity index (χ0v) is 11.1. The zero-order chi connectivity index (χ0) is 13.1. The summed E-state index contributed by atoms with van der Waals surface area (Å²) in [6, 6.07) is -0.0736. The molecule has 17 heavy (non-hydrogen) atoms. The summed E-state index contributed by atoms with van der Waals surface area (Å²) in [5, 5.41) is 0. The average molecular weight is 246 g/mol. The van der Waals surface area contributed by atoms with Crippen LogP contribution in [0.5, 0.6) is 0 Å². The van der Waals surface area contributed by atoms with E-state index in [-0.39, 0.29) is 6.04 Å². The monoisotopic (exact) mass is 246 g/mol. The molecular weight excluding hydrogens is 224 g/mol. The van der Waals surface area contributed by atoms with Gasteiger partial charge in [-0.3, -0.25) is 5.43 Å². The molecule has 1 fully saturated rings. The van der Waals surface area contributed by atoms with E-state index < -0.39 is 17.5 Å². The van der Waals surface area contributed by atoms with Gasteiger partial charge >= 0.3 is 6.09 Å². The van der Waals surface area contributed by atoms with Gasteiger partial charge in [0.2, 0.25) is 0 Å². The van der Waals surface area contributed by atoms with Crippen molar-refractivity contribution in [1.29, 1.82) is 0 Å². The summed E-state index contributed by atoms with van der Waals surface area (Å²) in [5.41, 5.74) is 4.77. The molecule has 0 radical (unpaired) electrons.